The zero-order chi connectivity index (χ0) is 24.5. The Balaban J connectivity index is 1.43. The molecule has 3 aromatic rings. The van der Waals surface area contributed by atoms with Gasteiger partial charge in [-0.2, -0.15) is 5.10 Å². The number of nitrogens with zero attached hydrogens (tertiary/aromatic N) is 4. The van der Waals surface area contributed by atoms with E-state index >= 15 is 0 Å². The molecule has 4 heterocycles. The lowest BCUT2D eigenvalue weighted by atomic mass is 10.1. The molecule has 186 valence electrons. The number of aromatic nitrogens is 3. The van der Waals surface area contributed by atoms with Crippen molar-refractivity contribution in [2.24, 2.45) is 11.7 Å². The van der Waals surface area contributed by atoms with E-state index in [2.05, 4.69) is 20.3 Å². The van der Waals surface area contributed by atoms with Crippen LogP contribution in [0.2, 0.25) is 0 Å². The number of thiazole rings is 1. The van der Waals surface area contributed by atoms with Gasteiger partial charge in [-0.3, -0.25) is 4.79 Å². The number of hydrogen-bond acceptors (Lipinski definition) is 8. The maximum atomic E-state index is 14.2. The monoisotopic (exact) mass is 503 g/mol. The van der Waals surface area contributed by atoms with Gasteiger partial charge in [0, 0.05) is 25.0 Å². The van der Waals surface area contributed by atoms with Crippen LogP contribution in [0, 0.1) is 17.6 Å². The summed E-state index contributed by atoms with van der Waals surface area (Å²) in [6.45, 7) is 3.56. The van der Waals surface area contributed by atoms with E-state index in [0.29, 0.717) is 31.4 Å². The summed E-state index contributed by atoms with van der Waals surface area (Å²) in [5.41, 5.74) is 12.3. The topological polar surface area (TPSA) is 124 Å². The molecule has 9 nitrogen and oxygen atoms in total. The largest absolute Gasteiger partial charge is 0.389 e. The first-order valence-electron chi connectivity index (χ1n) is 11.6. The van der Waals surface area contributed by atoms with Crippen molar-refractivity contribution >= 4 is 33.8 Å². The Morgan fingerprint density at radius 3 is 2.71 bits per heavy atom. The third-order valence-electron chi connectivity index (χ3n) is 6.32. The molecule has 0 saturated carbocycles. The van der Waals surface area contributed by atoms with E-state index in [-0.39, 0.29) is 27.3 Å². The van der Waals surface area contributed by atoms with Crippen molar-refractivity contribution in [1.82, 2.24) is 14.8 Å². The molecule has 35 heavy (non-hydrogen) atoms. The molecule has 0 unspecified atom stereocenters. The van der Waals surface area contributed by atoms with E-state index in [1.54, 1.807) is 6.20 Å². The van der Waals surface area contributed by atoms with Gasteiger partial charge in [0.05, 0.1) is 31.5 Å². The first-order valence-corrected chi connectivity index (χ1v) is 12.4. The first kappa shape index (κ1) is 23.6. The molecule has 1 aromatic carbocycles. The van der Waals surface area contributed by atoms with Gasteiger partial charge in [-0.15, -0.1) is 0 Å². The molecule has 0 spiro atoms. The van der Waals surface area contributed by atoms with Crippen LogP contribution in [-0.2, 0) is 11.3 Å². The molecule has 2 aromatic heterocycles. The average Bonchev–Trinajstić information content (AvgIpc) is 3.28. The molecule has 0 radical (unpaired) electrons. The third kappa shape index (κ3) is 4.86. The van der Waals surface area contributed by atoms with Crippen LogP contribution in [0.4, 0.5) is 25.3 Å². The summed E-state index contributed by atoms with van der Waals surface area (Å²) in [6, 6.07) is 3.68. The fourth-order valence-corrected chi connectivity index (χ4v) is 5.27. The Kier molecular flexibility index (Phi) is 6.67. The molecule has 2 aliphatic rings. The summed E-state index contributed by atoms with van der Waals surface area (Å²) in [7, 11) is 0. The van der Waals surface area contributed by atoms with Crippen LogP contribution in [0.25, 0.3) is 10.6 Å². The van der Waals surface area contributed by atoms with Crippen LogP contribution in [-0.4, -0.2) is 53.0 Å². The number of nitrogen functional groups attached to an aromatic ring is 1. The Morgan fingerprint density at radius 1 is 1.23 bits per heavy atom. The molecule has 2 fully saturated rings. The maximum absolute atomic E-state index is 14.2. The number of hydrogen-bond donors (Lipinski definition) is 3. The molecular formula is C23H27F2N7O2S. The number of rotatable bonds is 6. The Hall–Kier alpha value is -3.09. The zero-order valence-electron chi connectivity index (χ0n) is 19.0. The third-order valence-corrected chi connectivity index (χ3v) is 7.22. The van der Waals surface area contributed by atoms with Crippen LogP contribution in [0.3, 0.4) is 0 Å². The second-order valence-corrected chi connectivity index (χ2v) is 9.96. The van der Waals surface area contributed by atoms with Gasteiger partial charge in [-0.05, 0) is 31.4 Å². The molecule has 5 N–H and O–H groups in total. The highest BCUT2D eigenvalue weighted by Gasteiger charge is 2.28. The molecular weight excluding hydrogens is 476 g/mol. The standard InChI is InChI=1S/C23H27F2N7O2S/c24-15-4-1-5-16(25)18(15)22-30-19(20(27)35-22)21(33)29-17-9-28-32(10-13-11-34-12-13)23(17)31-7-2-3-14(26)6-8-31/h1,4-5,9,13-14H,2-3,6-8,10-12,26-27H2,(H,29,33)/t14-/m1/s1. The van der Waals surface area contributed by atoms with Crippen LogP contribution >= 0.6 is 11.3 Å². The van der Waals surface area contributed by atoms with Crippen molar-refractivity contribution in [3.05, 3.63) is 41.7 Å². The van der Waals surface area contributed by atoms with E-state index in [1.165, 1.54) is 6.07 Å². The Morgan fingerprint density at radius 2 is 2.00 bits per heavy atom. The summed E-state index contributed by atoms with van der Waals surface area (Å²) in [6.07, 6.45) is 4.32. The van der Waals surface area contributed by atoms with Crippen molar-refractivity contribution in [3.8, 4) is 10.6 Å². The van der Waals surface area contributed by atoms with Gasteiger partial charge in [0.2, 0.25) is 0 Å². The zero-order valence-corrected chi connectivity index (χ0v) is 19.9. The molecule has 2 saturated heterocycles. The highest BCUT2D eigenvalue weighted by Crippen LogP contribution is 2.35. The van der Waals surface area contributed by atoms with Gasteiger partial charge in [0.1, 0.15) is 27.3 Å². The normalized spacial score (nSPS) is 18.8. The van der Waals surface area contributed by atoms with Crippen molar-refractivity contribution < 1.29 is 18.3 Å². The summed E-state index contributed by atoms with van der Waals surface area (Å²) >= 11 is 0.861. The van der Waals surface area contributed by atoms with Gasteiger partial charge in [-0.1, -0.05) is 17.4 Å². The number of nitrogens with two attached hydrogens (primary N) is 2. The van der Waals surface area contributed by atoms with Gasteiger partial charge in [0.15, 0.2) is 11.5 Å². The smallest absolute Gasteiger partial charge is 0.277 e. The number of carbonyl (C=O) groups is 1. The minimum Gasteiger partial charge on any atom is -0.389 e. The van der Waals surface area contributed by atoms with Gasteiger partial charge in [-0.25, -0.2) is 18.4 Å². The molecule has 0 bridgehead atoms. The lowest BCUT2D eigenvalue weighted by Gasteiger charge is -2.29. The second kappa shape index (κ2) is 9.88. The fraction of sp³-hybridized carbons (Fsp3) is 0.435. The van der Waals surface area contributed by atoms with Crippen LogP contribution in [0.15, 0.2) is 24.4 Å². The van der Waals surface area contributed by atoms with Crippen LogP contribution in [0.1, 0.15) is 29.8 Å². The number of benzene rings is 1. The maximum Gasteiger partial charge on any atom is 0.277 e. The lowest BCUT2D eigenvalue weighted by Crippen LogP contribution is -2.34. The van der Waals surface area contributed by atoms with Crippen molar-refractivity contribution in [3.63, 3.8) is 0 Å². The van der Waals surface area contributed by atoms with Crippen molar-refractivity contribution in [2.45, 2.75) is 31.8 Å². The fourth-order valence-electron chi connectivity index (χ4n) is 4.39. The quantitative estimate of drug-likeness (QED) is 0.472. The summed E-state index contributed by atoms with van der Waals surface area (Å²) in [4.78, 5) is 19.5. The molecule has 1 amide bonds. The predicted octanol–water partition coefficient (Wildman–Crippen LogP) is 3.08. The first-order chi connectivity index (χ1) is 16.9. The summed E-state index contributed by atoms with van der Waals surface area (Å²) < 4.78 is 35.7. The average molecular weight is 504 g/mol. The molecule has 12 heteroatoms. The summed E-state index contributed by atoms with van der Waals surface area (Å²) in [5, 5.41) is 7.48. The molecule has 1 atom stereocenters. The Labute approximate surface area is 205 Å². The van der Waals surface area contributed by atoms with Crippen molar-refractivity contribution in [1.29, 1.82) is 0 Å². The highest BCUT2D eigenvalue weighted by molar-refractivity contribution is 7.19. The van der Waals surface area contributed by atoms with Gasteiger partial charge < -0.3 is 26.4 Å². The number of carbonyl (C=O) groups excluding carboxylic acids is 1. The molecule has 5 rings (SSSR count). The van der Waals surface area contributed by atoms with Crippen LogP contribution in [0.5, 0.6) is 0 Å². The van der Waals surface area contributed by atoms with Gasteiger partial charge >= 0.3 is 0 Å². The highest BCUT2D eigenvalue weighted by atomic mass is 32.1. The van der Waals surface area contributed by atoms with E-state index in [9.17, 15) is 13.6 Å². The van der Waals surface area contributed by atoms with Crippen molar-refractivity contribution in [2.75, 3.05) is 42.3 Å². The predicted molar refractivity (Wildman–Crippen MR) is 130 cm³/mol. The van der Waals surface area contributed by atoms with E-state index in [0.717, 1.165) is 61.6 Å². The lowest BCUT2D eigenvalue weighted by molar-refractivity contribution is -0.0406. The number of anilines is 3. The molecule has 0 aliphatic carbocycles. The minimum absolute atomic E-state index is 0.00524. The number of amides is 1. The van der Waals surface area contributed by atoms with E-state index in [1.807, 2.05) is 4.68 Å². The summed E-state index contributed by atoms with van der Waals surface area (Å²) in [5.74, 6) is -0.948. The number of halogens is 2. The molecule has 2 aliphatic heterocycles. The second-order valence-electron chi connectivity index (χ2n) is 8.93. The number of nitrogens with one attached hydrogen (secondary N) is 1. The van der Waals surface area contributed by atoms with Gasteiger partial charge in [0.25, 0.3) is 5.91 Å². The Bertz CT molecular complexity index is 1210. The van der Waals surface area contributed by atoms with Crippen LogP contribution < -0.4 is 21.7 Å². The van der Waals surface area contributed by atoms with E-state index < -0.39 is 17.5 Å². The number of ether oxygens (including phenoxy) is 1. The SMILES string of the molecule is Nc1sc(-c2c(F)cccc2F)nc1C(=O)Nc1cnn(CC2COC2)c1N1CCC[C@@H](N)CC1. The van der Waals surface area contributed by atoms with E-state index in [4.69, 9.17) is 16.2 Å². The minimum atomic E-state index is -0.770.